The van der Waals surface area contributed by atoms with Crippen LogP contribution in [0.4, 0.5) is 0 Å². The van der Waals surface area contributed by atoms with Gasteiger partial charge in [-0.15, -0.1) is 0 Å². The maximum atomic E-state index is 12.9. The Bertz CT molecular complexity index is 714. The van der Waals surface area contributed by atoms with Crippen molar-refractivity contribution in [3.8, 4) is 0 Å². The third-order valence-electron chi connectivity index (χ3n) is 5.00. The molecular formula is C18H22N2O. The van der Waals surface area contributed by atoms with Crippen LogP contribution in [0.25, 0.3) is 10.9 Å². The number of hydrogen-bond acceptors (Lipinski definition) is 1. The van der Waals surface area contributed by atoms with Crippen molar-refractivity contribution >= 4 is 16.8 Å². The number of carbonyl (C=O) groups excluding carboxylic acids is 1. The summed E-state index contributed by atoms with van der Waals surface area (Å²) in [5, 5.41) is 1.32. The van der Waals surface area contributed by atoms with Crippen molar-refractivity contribution in [1.29, 1.82) is 0 Å². The van der Waals surface area contributed by atoms with Crippen molar-refractivity contribution in [3.63, 3.8) is 0 Å². The molecule has 0 N–H and O–H groups in total. The second-order valence-electron chi connectivity index (χ2n) is 6.29. The first-order valence-electron chi connectivity index (χ1n) is 8.23. The molecule has 0 saturated carbocycles. The minimum Gasteiger partial charge on any atom is -0.337 e. The molecular weight excluding hydrogens is 260 g/mol. The van der Waals surface area contributed by atoms with Crippen LogP contribution < -0.4 is 0 Å². The number of rotatable bonds is 3. The summed E-state index contributed by atoms with van der Waals surface area (Å²) in [5.74, 6) is 0.258. The third kappa shape index (κ3) is 1.83. The lowest BCUT2D eigenvalue weighted by Gasteiger charge is -2.28. The van der Waals surface area contributed by atoms with E-state index in [1.165, 1.54) is 22.0 Å². The highest BCUT2D eigenvalue weighted by Crippen LogP contribution is 2.35. The van der Waals surface area contributed by atoms with Gasteiger partial charge in [-0.1, -0.05) is 31.5 Å². The molecule has 4 rings (SSSR count). The predicted octanol–water partition coefficient (Wildman–Crippen LogP) is 3.39. The van der Waals surface area contributed by atoms with E-state index in [4.69, 9.17) is 0 Å². The van der Waals surface area contributed by atoms with Crippen LogP contribution in [-0.4, -0.2) is 28.5 Å². The minimum absolute atomic E-state index is 0.258. The zero-order valence-corrected chi connectivity index (χ0v) is 12.7. The molecule has 0 bridgehead atoms. The second-order valence-corrected chi connectivity index (χ2v) is 6.29. The van der Waals surface area contributed by atoms with Crippen molar-refractivity contribution in [3.05, 3.63) is 35.0 Å². The molecule has 1 aromatic carbocycles. The fourth-order valence-electron chi connectivity index (χ4n) is 3.97. The van der Waals surface area contributed by atoms with Crippen LogP contribution in [0.5, 0.6) is 0 Å². The quantitative estimate of drug-likeness (QED) is 0.847. The molecule has 2 aliphatic heterocycles. The highest BCUT2D eigenvalue weighted by molar-refractivity contribution is 6.03. The number of carbonyl (C=O) groups is 1. The molecule has 1 aromatic heterocycles. The molecule has 0 spiro atoms. The summed E-state index contributed by atoms with van der Waals surface area (Å²) in [5.41, 5.74) is 5.03. The van der Waals surface area contributed by atoms with Crippen LogP contribution in [0.2, 0.25) is 0 Å². The lowest BCUT2D eigenvalue weighted by Crippen LogP contribution is -2.39. The van der Waals surface area contributed by atoms with Crippen molar-refractivity contribution in [1.82, 2.24) is 9.47 Å². The summed E-state index contributed by atoms with van der Waals surface area (Å²) in [6.07, 6.45) is 5.55. The molecule has 0 unspecified atom stereocenters. The van der Waals surface area contributed by atoms with Gasteiger partial charge in [0.25, 0.3) is 5.91 Å². The average molecular weight is 282 g/mol. The smallest absolute Gasteiger partial charge is 0.270 e. The number of para-hydroxylation sites is 1. The van der Waals surface area contributed by atoms with Crippen LogP contribution in [0, 0.1) is 0 Å². The fourth-order valence-corrected chi connectivity index (χ4v) is 3.97. The Morgan fingerprint density at radius 1 is 1.19 bits per heavy atom. The van der Waals surface area contributed by atoms with Crippen LogP contribution in [0.3, 0.4) is 0 Å². The lowest BCUT2D eigenvalue weighted by atomic mass is 10.00. The van der Waals surface area contributed by atoms with E-state index in [1.54, 1.807) is 0 Å². The first-order chi connectivity index (χ1) is 10.3. The fraction of sp³-hybridized carbons (Fsp3) is 0.500. The van der Waals surface area contributed by atoms with Gasteiger partial charge in [0.15, 0.2) is 0 Å². The molecule has 2 aliphatic rings. The topological polar surface area (TPSA) is 25.2 Å². The van der Waals surface area contributed by atoms with Crippen LogP contribution in [0.1, 0.15) is 47.8 Å². The van der Waals surface area contributed by atoms with Gasteiger partial charge < -0.3 is 9.47 Å². The maximum Gasteiger partial charge on any atom is 0.270 e. The molecule has 2 aromatic rings. The Hall–Kier alpha value is -1.77. The van der Waals surface area contributed by atoms with Gasteiger partial charge >= 0.3 is 0 Å². The molecule has 3 heterocycles. The van der Waals surface area contributed by atoms with Crippen molar-refractivity contribution in [2.45, 2.75) is 45.6 Å². The van der Waals surface area contributed by atoms with Crippen LogP contribution >= 0.6 is 0 Å². The second kappa shape index (κ2) is 4.90. The van der Waals surface area contributed by atoms with Gasteiger partial charge in [-0.25, -0.2) is 0 Å². The highest BCUT2D eigenvalue weighted by Gasteiger charge is 2.32. The summed E-state index contributed by atoms with van der Waals surface area (Å²) >= 11 is 0. The van der Waals surface area contributed by atoms with E-state index >= 15 is 0 Å². The van der Waals surface area contributed by atoms with E-state index in [0.717, 1.165) is 57.4 Å². The number of aryl methyl sites for hydroxylation is 2. The summed E-state index contributed by atoms with van der Waals surface area (Å²) in [4.78, 5) is 15.0. The van der Waals surface area contributed by atoms with E-state index in [0.29, 0.717) is 0 Å². The standard InChI is InChI=1S/C18H22N2O/c1-2-3-10-19-12-9-15-14-8-4-6-13-7-5-11-20(16(13)14)17(15)18(19)21/h4,6,8H,2-3,5,7,9-12H2,1H3. The molecule has 0 aliphatic carbocycles. The van der Waals surface area contributed by atoms with Gasteiger partial charge in [0.1, 0.15) is 5.69 Å². The van der Waals surface area contributed by atoms with E-state index in [1.807, 2.05) is 0 Å². The van der Waals surface area contributed by atoms with Crippen molar-refractivity contribution in [2.24, 2.45) is 0 Å². The minimum atomic E-state index is 0.258. The molecule has 3 heteroatoms. The number of nitrogens with zero attached hydrogens (tertiary/aromatic N) is 2. The molecule has 3 nitrogen and oxygen atoms in total. The average Bonchev–Trinajstić information content (AvgIpc) is 2.84. The number of fused-ring (bicyclic) bond motifs is 3. The van der Waals surface area contributed by atoms with Gasteiger partial charge in [-0.2, -0.15) is 0 Å². The van der Waals surface area contributed by atoms with Gasteiger partial charge in [0.2, 0.25) is 0 Å². The Balaban J connectivity index is 1.87. The normalized spacial score (nSPS) is 17.4. The SMILES string of the molecule is CCCCN1CCc2c(n3c4c(cccc24)CCC3)C1=O. The highest BCUT2D eigenvalue weighted by atomic mass is 16.2. The number of hydrogen-bond donors (Lipinski definition) is 0. The number of aromatic nitrogens is 1. The summed E-state index contributed by atoms with van der Waals surface area (Å²) < 4.78 is 2.31. The Labute approximate surface area is 125 Å². The van der Waals surface area contributed by atoms with Crippen molar-refractivity contribution in [2.75, 3.05) is 13.1 Å². The van der Waals surface area contributed by atoms with Crippen LogP contribution in [-0.2, 0) is 19.4 Å². The molecule has 0 radical (unpaired) electrons. The van der Waals surface area contributed by atoms with Gasteiger partial charge in [0.05, 0.1) is 5.52 Å². The number of amides is 1. The predicted molar refractivity (Wildman–Crippen MR) is 84.8 cm³/mol. The van der Waals surface area contributed by atoms with Crippen molar-refractivity contribution < 1.29 is 4.79 Å². The lowest BCUT2D eigenvalue weighted by molar-refractivity contribution is 0.0726. The zero-order valence-electron chi connectivity index (χ0n) is 12.7. The van der Waals surface area contributed by atoms with Gasteiger partial charge in [-0.3, -0.25) is 4.79 Å². The molecule has 1 amide bonds. The summed E-state index contributed by atoms with van der Waals surface area (Å²) in [6, 6.07) is 6.58. The van der Waals surface area contributed by atoms with E-state index in [-0.39, 0.29) is 5.91 Å². The molecule has 0 atom stereocenters. The first kappa shape index (κ1) is 12.9. The van der Waals surface area contributed by atoms with Crippen LogP contribution in [0.15, 0.2) is 18.2 Å². The largest absolute Gasteiger partial charge is 0.337 e. The van der Waals surface area contributed by atoms with E-state index in [9.17, 15) is 4.79 Å². The van der Waals surface area contributed by atoms with E-state index in [2.05, 4.69) is 34.6 Å². The Kier molecular flexibility index (Phi) is 3.02. The molecule has 21 heavy (non-hydrogen) atoms. The van der Waals surface area contributed by atoms with E-state index < -0.39 is 0 Å². The summed E-state index contributed by atoms with van der Waals surface area (Å²) in [6.45, 7) is 4.97. The first-order valence-corrected chi connectivity index (χ1v) is 8.23. The van der Waals surface area contributed by atoms with Gasteiger partial charge in [-0.05, 0) is 36.8 Å². The third-order valence-corrected chi connectivity index (χ3v) is 5.00. The van der Waals surface area contributed by atoms with Gasteiger partial charge in [0, 0.05) is 25.0 Å². The molecule has 110 valence electrons. The zero-order chi connectivity index (χ0) is 14.4. The molecule has 0 fully saturated rings. The summed E-state index contributed by atoms with van der Waals surface area (Å²) in [7, 11) is 0. The maximum absolute atomic E-state index is 12.9. The molecule has 0 saturated heterocycles. The number of benzene rings is 1. The Morgan fingerprint density at radius 2 is 2.10 bits per heavy atom. The monoisotopic (exact) mass is 282 g/mol. The number of unbranched alkanes of at least 4 members (excludes halogenated alkanes) is 1. The Morgan fingerprint density at radius 3 is 2.95 bits per heavy atom.